The molecule has 0 unspecified atom stereocenters. The van der Waals surface area contributed by atoms with Crippen molar-refractivity contribution < 1.29 is 4.74 Å². The van der Waals surface area contributed by atoms with Gasteiger partial charge < -0.3 is 9.30 Å². The molecule has 0 N–H and O–H groups in total. The van der Waals surface area contributed by atoms with E-state index in [4.69, 9.17) is 10.00 Å². The lowest BCUT2D eigenvalue weighted by Gasteiger charge is -2.12. The van der Waals surface area contributed by atoms with Crippen molar-refractivity contribution in [2.75, 3.05) is 13.7 Å². The van der Waals surface area contributed by atoms with Crippen molar-refractivity contribution in [1.29, 1.82) is 5.26 Å². The second-order valence-corrected chi connectivity index (χ2v) is 4.90. The Morgan fingerprint density at radius 1 is 1.42 bits per heavy atom. The van der Waals surface area contributed by atoms with E-state index >= 15 is 0 Å². The van der Waals surface area contributed by atoms with E-state index in [1.165, 1.54) is 0 Å². The second-order valence-electron chi connectivity index (χ2n) is 4.90. The number of hydrogen-bond donors (Lipinski definition) is 0. The molecule has 0 aliphatic rings. The molecule has 0 bridgehead atoms. The van der Waals surface area contributed by atoms with E-state index in [0.29, 0.717) is 11.6 Å². The van der Waals surface area contributed by atoms with Gasteiger partial charge >= 0.3 is 0 Å². The van der Waals surface area contributed by atoms with Crippen LogP contribution in [0.25, 0.3) is 11.0 Å². The zero-order chi connectivity index (χ0) is 13.8. The fourth-order valence-corrected chi connectivity index (χ4v) is 2.35. The highest BCUT2D eigenvalue weighted by Gasteiger charge is 2.13. The van der Waals surface area contributed by atoms with E-state index < -0.39 is 0 Å². The third kappa shape index (κ3) is 2.77. The molecule has 1 aromatic carbocycles. The van der Waals surface area contributed by atoms with Crippen LogP contribution >= 0.6 is 0 Å². The Hall–Kier alpha value is -1.86. The zero-order valence-corrected chi connectivity index (χ0v) is 11.7. The summed E-state index contributed by atoms with van der Waals surface area (Å²) in [6, 6.07) is 8.21. The van der Waals surface area contributed by atoms with E-state index in [9.17, 15) is 0 Å². The lowest BCUT2D eigenvalue weighted by atomic mass is 10.2. The summed E-state index contributed by atoms with van der Waals surface area (Å²) in [6.07, 6.45) is 1.85. The Balaban J connectivity index is 2.44. The molecule has 0 atom stereocenters. The minimum absolute atomic E-state index is 0.357. The number of benzene rings is 1. The fourth-order valence-electron chi connectivity index (χ4n) is 2.35. The molecule has 1 heterocycles. The number of aryl methyl sites for hydroxylation is 1. The van der Waals surface area contributed by atoms with E-state index in [1.54, 1.807) is 7.11 Å². The van der Waals surface area contributed by atoms with Gasteiger partial charge in [-0.2, -0.15) is 5.26 Å². The maximum Gasteiger partial charge on any atom is 0.110 e. The molecule has 0 saturated carbocycles. The molecule has 2 aromatic rings. The Bertz CT molecular complexity index is 608. The molecule has 0 aliphatic carbocycles. The molecule has 19 heavy (non-hydrogen) atoms. The van der Waals surface area contributed by atoms with Crippen LogP contribution in [0, 0.1) is 11.3 Å². The van der Waals surface area contributed by atoms with Crippen molar-refractivity contribution in [1.82, 2.24) is 9.55 Å². The van der Waals surface area contributed by atoms with Gasteiger partial charge in [-0.05, 0) is 38.5 Å². The number of nitrogens with zero attached hydrogens (tertiary/aromatic N) is 3. The van der Waals surface area contributed by atoms with Crippen LogP contribution in [0.1, 0.15) is 37.7 Å². The predicted molar refractivity (Wildman–Crippen MR) is 75.0 cm³/mol. The maximum absolute atomic E-state index is 8.95. The highest BCUT2D eigenvalue weighted by molar-refractivity contribution is 5.78. The Morgan fingerprint density at radius 3 is 2.84 bits per heavy atom. The quantitative estimate of drug-likeness (QED) is 0.773. The minimum atomic E-state index is 0.357. The van der Waals surface area contributed by atoms with Gasteiger partial charge in [-0.3, -0.25) is 0 Å². The standard InChI is InChI=1S/C15H19N3O/c1-11(2)18-14-7-6-12(10-16)9-13(14)17-15(18)5-4-8-19-3/h6-7,9,11H,4-5,8H2,1-3H3. The highest BCUT2D eigenvalue weighted by Crippen LogP contribution is 2.23. The van der Waals surface area contributed by atoms with Crippen molar-refractivity contribution in [2.24, 2.45) is 0 Å². The number of methoxy groups -OCH3 is 1. The van der Waals surface area contributed by atoms with Crippen LogP contribution < -0.4 is 0 Å². The lowest BCUT2D eigenvalue weighted by Crippen LogP contribution is -2.07. The van der Waals surface area contributed by atoms with Crippen LogP contribution in [0.4, 0.5) is 0 Å². The summed E-state index contributed by atoms with van der Waals surface area (Å²) in [4.78, 5) is 4.67. The fraction of sp³-hybridized carbons (Fsp3) is 0.467. The zero-order valence-electron chi connectivity index (χ0n) is 11.7. The lowest BCUT2D eigenvalue weighted by molar-refractivity contribution is 0.194. The second kappa shape index (κ2) is 5.85. The third-order valence-electron chi connectivity index (χ3n) is 3.16. The van der Waals surface area contributed by atoms with Gasteiger partial charge in [0.05, 0.1) is 22.7 Å². The topological polar surface area (TPSA) is 50.8 Å². The predicted octanol–water partition coefficient (Wildman–Crippen LogP) is 3.07. The van der Waals surface area contributed by atoms with E-state index in [-0.39, 0.29) is 0 Å². The molecule has 4 nitrogen and oxygen atoms in total. The first-order valence-electron chi connectivity index (χ1n) is 6.57. The van der Waals surface area contributed by atoms with Crippen molar-refractivity contribution in [3.63, 3.8) is 0 Å². The number of imidazole rings is 1. The van der Waals surface area contributed by atoms with Crippen molar-refractivity contribution in [2.45, 2.75) is 32.7 Å². The first-order valence-corrected chi connectivity index (χ1v) is 6.57. The van der Waals surface area contributed by atoms with Crippen LogP contribution in [0.2, 0.25) is 0 Å². The number of fused-ring (bicyclic) bond motifs is 1. The van der Waals surface area contributed by atoms with Crippen LogP contribution in [0.5, 0.6) is 0 Å². The van der Waals surface area contributed by atoms with Gasteiger partial charge in [-0.25, -0.2) is 4.98 Å². The van der Waals surface area contributed by atoms with Crippen LogP contribution in [0.3, 0.4) is 0 Å². The Morgan fingerprint density at radius 2 is 2.21 bits per heavy atom. The van der Waals surface area contributed by atoms with Gasteiger partial charge in [0, 0.05) is 26.2 Å². The molecule has 0 aliphatic heterocycles. The summed E-state index contributed by atoms with van der Waals surface area (Å²) in [7, 11) is 1.71. The van der Waals surface area contributed by atoms with E-state index in [2.05, 4.69) is 29.5 Å². The normalized spacial score (nSPS) is 11.1. The van der Waals surface area contributed by atoms with Crippen LogP contribution in [0.15, 0.2) is 18.2 Å². The van der Waals surface area contributed by atoms with Gasteiger partial charge in [0.1, 0.15) is 5.82 Å². The Kier molecular flexibility index (Phi) is 4.18. The molecule has 0 radical (unpaired) electrons. The largest absolute Gasteiger partial charge is 0.385 e. The number of nitriles is 1. The smallest absolute Gasteiger partial charge is 0.110 e. The van der Waals surface area contributed by atoms with Gasteiger partial charge in [0.15, 0.2) is 0 Å². The maximum atomic E-state index is 8.95. The number of ether oxygens (including phenoxy) is 1. The van der Waals surface area contributed by atoms with Crippen LogP contribution in [-0.4, -0.2) is 23.3 Å². The molecular weight excluding hydrogens is 238 g/mol. The molecule has 0 amide bonds. The molecular formula is C15H19N3O. The van der Waals surface area contributed by atoms with Crippen molar-refractivity contribution >= 4 is 11.0 Å². The summed E-state index contributed by atoms with van der Waals surface area (Å²) in [6.45, 7) is 5.04. The molecule has 1 aromatic heterocycles. The number of hydrogen-bond acceptors (Lipinski definition) is 3. The average molecular weight is 257 g/mol. The molecule has 2 rings (SSSR count). The van der Waals surface area contributed by atoms with Crippen molar-refractivity contribution in [3.8, 4) is 6.07 Å². The van der Waals surface area contributed by atoms with Gasteiger partial charge in [-0.1, -0.05) is 0 Å². The monoisotopic (exact) mass is 257 g/mol. The van der Waals surface area contributed by atoms with Crippen molar-refractivity contribution in [3.05, 3.63) is 29.6 Å². The number of aromatic nitrogens is 2. The highest BCUT2D eigenvalue weighted by atomic mass is 16.5. The summed E-state index contributed by atoms with van der Waals surface area (Å²) in [5, 5.41) is 8.95. The number of rotatable bonds is 5. The van der Waals surface area contributed by atoms with Gasteiger partial charge in [0.2, 0.25) is 0 Å². The summed E-state index contributed by atoms with van der Waals surface area (Å²) < 4.78 is 7.34. The molecule has 100 valence electrons. The van der Waals surface area contributed by atoms with E-state index in [1.807, 2.05) is 18.2 Å². The third-order valence-corrected chi connectivity index (χ3v) is 3.16. The summed E-state index contributed by atoms with van der Waals surface area (Å²) in [5.41, 5.74) is 2.66. The first-order chi connectivity index (χ1) is 9.17. The molecule has 0 fully saturated rings. The van der Waals surface area contributed by atoms with Crippen LogP contribution in [-0.2, 0) is 11.2 Å². The molecule has 4 heteroatoms. The molecule has 0 spiro atoms. The van der Waals surface area contributed by atoms with Gasteiger partial charge in [-0.15, -0.1) is 0 Å². The van der Waals surface area contributed by atoms with Gasteiger partial charge in [0.25, 0.3) is 0 Å². The average Bonchev–Trinajstić information content (AvgIpc) is 2.76. The molecule has 0 saturated heterocycles. The Labute approximate surface area is 113 Å². The SMILES string of the molecule is COCCCc1nc2cc(C#N)ccc2n1C(C)C. The summed E-state index contributed by atoms with van der Waals surface area (Å²) in [5.74, 6) is 1.07. The minimum Gasteiger partial charge on any atom is -0.385 e. The summed E-state index contributed by atoms with van der Waals surface area (Å²) >= 11 is 0. The van der Waals surface area contributed by atoms with E-state index in [0.717, 1.165) is 36.3 Å². The first kappa shape index (κ1) is 13.6.